The van der Waals surface area contributed by atoms with Gasteiger partial charge in [0.2, 0.25) is 0 Å². The predicted octanol–water partition coefficient (Wildman–Crippen LogP) is 3.98. The topological polar surface area (TPSA) is 71.9 Å². The molecule has 2 N–H and O–H groups in total. The molecule has 28 heavy (non-hydrogen) atoms. The lowest BCUT2D eigenvalue weighted by Gasteiger charge is -2.40. The molecular weight excluding hydrogens is 352 g/mol. The number of carbonyl (C=O) groups excluding carboxylic acids is 1. The molecule has 1 aromatic carbocycles. The van der Waals surface area contributed by atoms with Gasteiger partial charge in [-0.25, -0.2) is 0 Å². The van der Waals surface area contributed by atoms with Gasteiger partial charge in [-0.15, -0.1) is 0 Å². The highest BCUT2D eigenvalue weighted by atomic mass is 16.5. The Bertz CT molecular complexity index is 1010. The largest absolute Gasteiger partial charge is 0.487 e. The minimum atomic E-state index is -0.144. The van der Waals surface area contributed by atoms with Crippen molar-refractivity contribution in [2.75, 3.05) is 0 Å². The first-order valence-electron chi connectivity index (χ1n) is 9.89. The number of nitrogens with one attached hydrogen (secondary N) is 2. The van der Waals surface area contributed by atoms with Gasteiger partial charge in [-0.3, -0.25) is 9.89 Å². The molecule has 1 saturated carbocycles. The first-order valence-corrected chi connectivity index (χ1v) is 9.89. The Hall–Kier alpha value is -3.02. The first kappa shape index (κ1) is 17.1. The standard InChI is InChI=1S/C22H24N4O2/c1-26-12-6-8-19(26)16-13-17(25-24-16)21(27)23-18-14-22(10-4-5-11-22)28-20-9-3-2-7-15(18)20/h2-3,6-9,12-13,18H,4-5,10-11,14H2,1H3,(H,23,27)(H,24,25). The number of hydrogen-bond donors (Lipinski definition) is 2. The van der Waals surface area contributed by atoms with Crippen molar-refractivity contribution in [3.63, 3.8) is 0 Å². The Balaban J connectivity index is 1.40. The molecule has 144 valence electrons. The van der Waals surface area contributed by atoms with E-state index in [2.05, 4.69) is 15.5 Å². The lowest BCUT2D eigenvalue weighted by atomic mass is 9.86. The molecule has 3 heterocycles. The van der Waals surface area contributed by atoms with Crippen molar-refractivity contribution < 1.29 is 9.53 Å². The van der Waals surface area contributed by atoms with Crippen LogP contribution in [-0.4, -0.2) is 26.3 Å². The Labute approximate surface area is 163 Å². The zero-order valence-corrected chi connectivity index (χ0v) is 15.9. The van der Waals surface area contributed by atoms with E-state index >= 15 is 0 Å². The number of rotatable bonds is 3. The van der Waals surface area contributed by atoms with Crippen LogP contribution in [0.25, 0.3) is 11.4 Å². The number of H-pyrrole nitrogens is 1. The molecule has 1 atom stereocenters. The van der Waals surface area contributed by atoms with Crippen molar-refractivity contribution in [2.24, 2.45) is 7.05 Å². The van der Waals surface area contributed by atoms with Gasteiger partial charge in [-0.1, -0.05) is 18.2 Å². The molecule has 1 unspecified atom stereocenters. The zero-order valence-electron chi connectivity index (χ0n) is 15.9. The van der Waals surface area contributed by atoms with E-state index in [0.29, 0.717) is 5.69 Å². The summed E-state index contributed by atoms with van der Waals surface area (Å²) >= 11 is 0. The van der Waals surface area contributed by atoms with Crippen molar-refractivity contribution in [3.05, 3.63) is 59.9 Å². The molecular formula is C22H24N4O2. The summed E-state index contributed by atoms with van der Waals surface area (Å²) in [6.45, 7) is 0. The average Bonchev–Trinajstić information content (AvgIpc) is 3.43. The Morgan fingerprint density at radius 3 is 2.86 bits per heavy atom. The van der Waals surface area contributed by atoms with Gasteiger partial charge in [0.25, 0.3) is 5.91 Å². The van der Waals surface area contributed by atoms with Gasteiger partial charge in [0.05, 0.1) is 11.7 Å². The van der Waals surface area contributed by atoms with Crippen molar-refractivity contribution in [3.8, 4) is 17.1 Å². The summed E-state index contributed by atoms with van der Waals surface area (Å²) in [5, 5.41) is 10.4. The Kier molecular flexibility index (Phi) is 4.00. The maximum atomic E-state index is 13.0. The van der Waals surface area contributed by atoms with E-state index in [9.17, 15) is 4.79 Å². The minimum absolute atomic E-state index is 0.0580. The van der Waals surface area contributed by atoms with Crippen LogP contribution in [0.1, 0.15) is 54.2 Å². The molecule has 2 aromatic heterocycles. The van der Waals surface area contributed by atoms with E-state index in [1.165, 1.54) is 12.8 Å². The van der Waals surface area contributed by atoms with Crippen molar-refractivity contribution in [1.29, 1.82) is 0 Å². The van der Waals surface area contributed by atoms with Gasteiger partial charge in [0, 0.05) is 25.2 Å². The number of benzene rings is 1. The molecule has 0 bridgehead atoms. The van der Waals surface area contributed by atoms with E-state index in [1.807, 2.05) is 54.2 Å². The summed E-state index contributed by atoms with van der Waals surface area (Å²) in [7, 11) is 1.96. The Morgan fingerprint density at radius 2 is 2.07 bits per heavy atom. The summed E-state index contributed by atoms with van der Waals surface area (Å²) in [6, 6.07) is 13.7. The van der Waals surface area contributed by atoms with Crippen molar-refractivity contribution >= 4 is 5.91 Å². The minimum Gasteiger partial charge on any atom is -0.487 e. The lowest BCUT2D eigenvalue weighted by molar-refractivity contribution is 0.0360. The van der Waals surface area contributed by atoms with Crippen LogP contribution in [0.5, 0.6) is 5.75 Å². The number of carbonyl (C=O) groups is 1. The van der Waals surface area contributed by atoms with E-state index in [-0.39, 0.29) is 17.6 Å². The monoisotopic (exact) mass is 376 g/mol. The van der Waals surface area contributed by atoms with Crippen molar-refractivity contribution in [1.82, 2.24) is 20.1 Å². The van der Waals surface area contributed by atoms with E-state index < -0.39 is 0 Å². The third-order valence-corrected chi connectivity index (χ3v) is 6.05. The zero-order chi connectivity index (χ0) is 19.1. The van der Waals surface area contributed by atoms with Crippen LogP contribution in [0.15, 0.2) is 48.7 Å². The molecule has 1 amide bonds. The fourth-order valence-electron chi connectivity index (χ4n) is 4.61. The molecule has 1 aliphatic carbocycles. The van der Waals surface area contributed by atoms with Crippen molar-refractivity contribution in [2.45, 2.75) is 43.7 Å². The highest BCUT2D eigenvalue weighted by Gasteiger charge is 2.43. The number of aromatic amines is 1. The molecule has 0 radical (unpaired) electrons. The quantitative estimate of drug-likeness (QED) is 0.726. The van der Waals surface area contributed by atoms with Gasteiger partial charge in [-0.2, -0.15) is 5.10 Å². The number of ether oxygens (including phenoxy) is 1. The summed E-state index contributed by atoms with van der Waals surface area (Å²) in [5.74, 6) is 0.762. The molecule has 6 nitrogen and oxygen atoms in total. The third-order valence-electron chi connectivity index (χ3n) is 6.05. The van der Waals surface area contributed by atoms with Crippen LogP contribution in [0.2, 0.25) is 0 Å². The molecule has 0 saturated heterocycles. The van der Waals surface area contributed by atoms with Crippen LogP contribution in [0.3, 0.4) is 0 Å². The number of aryl methyl sites for hydroxylation is 1. The highest BCUT2D eigenvalue weighted by Crippen LogP contribution is 2.47. The number of para-hydroxylation sites is 1. The highest BCUT2D eigenvalue weighted by molar-refractivity contribution is 5.93. The summed E-state index contributed by atoms with van der Waals surface area (Å²) in [4.78, 5) is 13.0. The molecule has 3 aromatic rings. The number of hydrogen-bond acceptors (Lipinski definition) is 3. The average molecular weight is 376 g/mol. The normalized spacial score (nSPS) is 20.0. The SMILES string of the molecule is Cn1cccc1-c1cc(C(=O)NC2CC3(CCCC3)Oc3ccccc32)[nH]n1. The molecule has 6 heteroatoms. The maximum absolute atomic E-state index is 13.0. The second kappa shape index (κ2) is 6.55. The first-order chi connectivity index (χ1) is 13.6. The van der Waals surface area contributed by atoms with Gasteiger partial charge in [0.15, 0.2) is 0 Å². The molecule has 1 aliphatic heterocycles. The number of aromatic nitrogens is 3. The predicted molar refractivity (Wildman–Crippen MR) is 106 cm³/mol. The van der Waals surface area contributed by atoms with Crippen LogP contribution in [-0.2, 0) is 7.05 Å². The van der Waals surface area contributed by atoms with Gasteiger partial charge in [0.1, 0.15) is 22.7 Å². The van der Waals surface area contributed by atoms with Crippen LogP contribution in [0, 0.1) is 0 Å². The smallest absolute Gasteiger partial charge is 0.269 e. The molecule has 1 spiro atoms. The fraction of sp³-hybridized carbons (Fsp3) is 0.364. The van der Waals surface area contributed by atoms with E-state index in [1.54, 1.807) is 6.07 Å². The van der Waals surface area contributed by atoms with Crippen LogP contribution < -0.4 is 10.1 Å². The lowest BCUT2D eigenvalue weighted by Crippen LogP contribution is -2.43. The maximum Gasteiger partial charge on any atom is 0.269 e. The molecule has 1 fully saturated rings. The number of fused-ring (bicyclic) bond motifs is 1. The molecule has 5 rings (SSSR count). The van der Waals surface area contributed by atoms with Crippen LogP contribution >= 0.6 is 0 Å². The second-order valence-corrected chi connectivity index (χ2v) is 7.93. The van der Waals surface area contributed by atoms with Crippen LogP contribution in [0.4, 0.5) is 0 Å². The summed E-state index contributed by atoms with van der Waals surface area (Å²) in [6.07, 6.45) is 7.25. The molecule has 2 aliphatic rings. The third kappa shape index (κ3) is 2.89. The summed E-state index contributed by atoms with van der Waals surface area (Å²) < 4.78 is 8.37. The van der Waals surface area contributed by atoms with Gasteiger partial charge >= 0.3 is 0 Å². The van der Waals surface area contributed by atoms with Gasteiger partial charge in [-0.05, 0) is 49.9 Å². The Morgan fingerprint density at radius 1 is 1.25 bits per heavy atom. The number of amides is 1. The van der Waals surface area contributed by atoms with Gasteiger partial charge < -0.3 is 14.6 Å². The number of nitrogens with zero attached hydrogens (tertiary/aromatic N) is 2. The summed E-state index contributed by atoms with van der Waals surface area (Å²) in [5.41, 5.74) is 3.11. The second-order valence-electron chi connectivity index (χ2n) is 7.93. The van der Waals surface area contributed by atoms with E-state index in [0.717, 1.165) is 42.0 Å². The van der Waals surface area contributed by atoms with E-state index in [4.69, 9.17) is 4.74 Å². The fourth-order valence-corrected chi connectivity index (χ4v) is 4.61.